The Kier molecular flexibility index (Phi) is 2.49. The third-order valence-electron chi connectivity index (χ3n) is 5.01. The van der Waals surface area contributed by atoms with Crippen LogP contribution in [0.1, 0.15) is 19.3 Å². The van der Waals surface area contributed by atoms with Crippen LogP contribution in [0.15, 0.2) is 12.2 Å². The number of rotatable bonds is 2. The van der Waals surface area contributed by atoms with E-state index >= 15 is 0 Å². The molecule has 98 valence electrons. The number of alkyl halides is 1. The van der Waals surface area contributed by atoms with Gasteiger partial charge in [-0.15, -0.1) is 11.6 Å². The van der Waals surface area contributed by atoms with Gasteiger partial charge in [0.2, 0.25) is 0 Å². The molecule has 0 aliphatic heterocycles. The van der Waals surface area contributed by atoms with Gasteiger partial charge in [-0.1, -0.05) is 12.2 Å². The molecule has 0 heterocycles. The first-order chi connectivity index (χ1) is 8.42. The zero-order valence-electron chi connectivity index (χ0n) is 9.75. The molecule has 0 saturated heterocycles. The highest BCUT2D eigenvalue weighted by molar-refractivity contribution is 6.26. The van der Waals surface area contributed by atoms with Gasteiger partial charge in [0.15, 0.2) is 0 Å². The second-order valence-corrected chi connectivity index (χ2v) is 6.49. The van der Waals surface area contributed by atoms with Crippen LogP contribution < -0.4 is 0 Å². The average Bonchev–Trinajstić information content (AvgIpc) is 2.82. The zero-order chi connectivity index (χ0) is 13.1. The van der Waals surface area contributed by atoms with Crippen LogP contribution in [-0.2, 0) is 9.59 Å². The lowest BCUT2D eigenvalue weighted by molar-refractivity contribution is -0.158. The number of allylic oxidation sites excluding steroid dienone is 2. The fourth-order valence-electron chi connectivity index (χ4n) is 4.16. The van der Waals surface area contributed by atoms with Gasteiger partial charge in [0.25, 0.3) is 0 Å². The number of carbonyl (C=O) groups is 2. The standard InChI is InChI=1S/C13H15ClO4/c14-13-2-1-6(5-13)7-3-8(11(15)16)9(12(17)18)4-10(7)13/h1-2,6-10H,3-5H2,(H,15,16)(H,17,18). The highest BCUT2D eigenvalue weighted by Crippen LogP contribution is 2.61. The maximum absolute atomic E-state index is 11.2. The lowest BCUT2D eigenvalue weighted by Crippen LogP contribution is -2.44. The van der Waals surface area contributed by atoms with Crippen molar-refractivity contribution in [2.24, 2.45) is 29.6 Å². The molecule has 3 aliphatic rings. The topological polar surface area (TPSA) is 74.6 Å². The smallest absolute Gasteiger partial charge is 0.307 e. The predicted molar refractivity (Wildman–Crippen MR) is 64.3 cm³/mol. The average molecular weight is 271 g/mol. The third-order valence-corrected chi connectivity index (χ3v) is 5.57. The summed E-state index contributed by atoms with van der Waals surface area (Å²) in [7, 11) is 0. The van der Waals surface area contributed by atoms with Gasteiger partial charge in [0.1, 0.15) is 0 Å². The van der Waals surface area contributed by atoms with E-state index < -0.39 is 28.6 Å². The first-order valence-corrected chi connectivity index (χ1v) is 6.64. The van der Waals surface area contributed by atoms with Crippen molar-refractivity contribution < 1.29 is 19.8 Å². The van der Waals surface area contributed by atoms with Crippen molar-refractivity contribution in [2.75, 3.05) is 0 Å². The SMILES string of the molecule is O=C(O)C1CC2C3C=CC(Cl)(C3)C2CC1C(=O)O. The molecule has 5 heteroatoms. The summed E-state index contributed by atoms with van der Waals surface area (Å²) in [4.78, 5) is 22.0. The minimum atomic E-state index is -1.01. The molecule has 3 aliphatic carbocycles. The molecule has 0 aromatic heterocycles. The van der Waals surface area contributed by atoms with Crippen LogP contribution in [0.2, 0.25) is 0 Å². The summed E-state index contributed by atoms with van der Waals surface area (Å²) >= 11 is 6.54. The van der Waals surface area contributed by atoms with Crippen molar-refractivity contribution in [3.05, 3.63) is 12.2 Å². The molecule has 0 radical (unpaired) electrons. The van der Waals surface area contributed by atoms with E-state index in [9.17, 15) is 19.8 Å². The van der Waals surface area contributed by atoms with Crippen molar-refractivity contribution in [3.63, 3.8) is 0 Å². The second-order valence-electron chi connectivity index (χ2n) is 5.79. The minimum Gasteiger partial charge on any atom is -0.481 e. The predicted octanol–water partition coefficient (Wildman–Crippen LogP) is 1.98. The quantitative estimate of drug-likeness (QED) is 0.594. The molecule has 4 nitrogen and oxygen atoms in total. The molecule has 0 amide bonds. The number of fused-ring (bicyclic) bond motifs is 5. The summed E-state index contributed by atoms with van der Waals surface area (Å²) in [6, 6.07) is 0. The monoisotopic (exact) mass is 270 g/mol. The Morgan fingerprint density at radius 1 is 1.17 bits per heavy atom. The van der Waals surface area contributed by atoms with E-state index in [1.54, 1.807) is 0 Å². The van der Waals surface area contributed by atoms with Crippen LogP contribution in [-0.4, -0.2) is 27.0 Å². The summed E-state index contributed by atoms with van der Waals surface area (Å²) in [5.41, 5.74) is 0. The van der Waals surface area contributed by atoms with Crippen molar-refractivity contribution in [1.82, 2.24) is 0 Å². The van der Waals surface area contributed by atoms with Crippen molar-refractivity contribution in [3.8, 4) is 0 Å². The maximum Gasteiger partial charge on any atom is 0.307 e. The number of aliphatic carboxylic acids is 2. The summed E-state index contributed by atoms with van der Waals surface area (Å²) in [6.07, 6.45) is 5.74. The first-order valence-electron chi connectivity index (χ1n) is 6.26. The Balaban J connectivity index is 1.91. The Morgan fingerprint density at radius 3 is 2.39 bits per heavy atom. The molecule has 2 bridgehead atoms. The molecule has 0 spiro atoms. The van der Waals surface area contributed by atoms with Crippen molar-refractivity contribution >= 4 is 23.5 Å². The molecule has 0 aromatic rings. The highest BCUT2D eigenvalue weighted by atomic mass is 35.5. The van der Waals surface area contributed by atoms with Gasteiger partial charge in [-0.2, -0.15) is 0 Å². The fourth-order valence-corrected chi connectivity index (χ4v) is 4.66. The van der Waals surface area contributed by atoms with Crippen LogP contribution >= 0.6 is 11.6 Å². The zero-order valence-corrected chi connectivity index (χ0v) is 10.5. The van der Waals surface area contributed by atoms with E-state index in [1.807, 2.05) is 6.08 Å². The van der Waals surface area contributed by atoms with E-state index in [0.717, 1.165) is 6.42 Å². The summed E-state index contributed by atoms with van der Waals surface area (Å²) < 4.78 is 0. The van der Waals surface area contributed by atoms with E-state index in [0.29, 0.717) is 18.8 Å². The van der Waals surface area contributed by atoms with E-state index in [-0.39, 0.29) is 11.8 Å². The molecule has 2 fully saturated rings. The normalized spacial score (nSPS) is 49.1. The van der Waals surface area contributed by atoms with E-state index in [2.05, 4.69) is 6.08 Å². The Hall–Kier alpha value is -1.03. The minimum absolute atomic E-state index is 0.117. The molecule has 2 saturated carbocycles. The van der Waals surface area contributed by atoms with Crippen LogP contribution in [0.5, 0.6) is 0 Å². The number of carboxylic acids is 2. The molecule has 6 unspecified atom stereocenters. The Bertz CT molecular complexity index is 446. The lowest BCUT2D eigenvalue weighted by Gasteiger charge is -2.41. The molecule has 0 aromatic carbocycles. The van der Waals surface area contributed by atoms with Gasteiger partial charge in [-0.3, -0.25) is 9.59 Å². The van der Waals surface area contributed by atoms with Crippen molar-refractivity contribution in [2.45, 2.75) is 24.1 Å². The van der Waals surface area contributed by atoms with E-state index in [4.69, 9.17) is 11.6 Å². The molecule has 2 N–H and O–H groups in total. The second kappa shape index (κ2) is 3.73. The Morgan fingerprint density at radius 2 is 1.78 bits per heavy atom. The number of hydrogen-bond acceptors (Lipinski definition) is 2. The lowest BCUT2D eigenvalue weighted by atomic mass is 9.64. The van der Waals surface area contributed by atoms with E-state index in [1.165, 1.54) is 0 Å². The third kappa shape index (κ3) is 1.51. The molecular formula is C13H15ClO4. The van der Waals surface area contributed by atoms with Crippen LogP contribution in [0.3, 0.4) is 0 Å². The highest BCUT2D eigenvalue weighted by Gasteiger charge is 2.59. The fraction of sp³-hybridized carbons (Fsp3) is 0.692. The van der Waals surface area contributed by atoms with Crippen LogP contribution in [0.4, 0.5) is 0 Å². The molecule has 6 atom stereocenters. The molecule has 18 heavy (non-hydrogen) atoms. The summed E-state index contributed by atoms with van der Waals surface area (Å²) in [6.45, 7) is 0. The largest absolute Gasteiger partial charge is 0.481 e. The van der Waals surface area contributed by atoms with Crippen LogP contribution in [0.25, 0.3) is 0 Å². The van der Waals surface area contributed by atoms with Gasteiger partial charge in [0, 0.05) is 0 Å². The number of hydrogen-bond donors (Lipinski definition) is 2. The molecule has 3 rings (SSSR count). The van der Waals surface area contributed by atoms with Crippen LogP contribution in [0, 0.1) is 29.6 Å². The number of carboxylic acid groups (broad SMARTS) is 2. The van der Waals surface area contributed by atoms with Gasteiger partial charge < -0.3 is 10.2 Å². The van der Waals surface area contributed by atoms with Gasteiger partial charge in [0.05, 0.1) is 16.7 Å². The summed E-state index contributed by atoms with van der Waals surface area (Å²) in [5, 5.41) is 18.4. The Labute approximate surface area is 110 Å². The molecular weight excluding hydrogens is 256 g/mol. The maximum atomic E-state index is 11.2. The first kappa shape index (κ1) is 12.0. The van der Waals surface area contributed by atoms with Gasteiger partial charge >= 0.3 is 11.9 Å². The van der Waals surface area contributed by atoms with Crippen molar-refractivity contribution in [1.29, 1.82) is 0 Å². The van der Waals surface area contributed by atoms with Gasteiger partial charge in [-0.05, 0) is 37.0 Å². The summed E-state index contributed by atoms with van der Waals surface area (Å²) in [5.74, 6) is -2.87. The van der Waals surface area contributed by atoms with Gasteiger partial charge in [-0.25, -0.2) is 0 Å². The number of halogens is 1.